The molecule has 0 saturated heterocycles. The highest BCUT2D eigenvalue weighted by Gasteiger charge is 2.23. The maximum absolute atomic E-state index is 11.1. The maximum atomic E-state index is 11.1. The summed E-state index contributed by atoms with van der Waals surface area (Å²) >= 11 is 1.33. The third-order valence-electron chi connectivity index (χ3n) is 2.92. The molecule has 0 atom stereocenters. The number of anilines is 2. The molecular formula is C10H11N7O2S. The van der Waals surface area contributed by atoms with Gasteiger partial charge in [0.05, 0.1) is 6.20 Å². The molecule has 20 heavy (non-hydrogen) atoms. The van der Waals surface area contributed by atoms with Crippen molar-refractivity contribution in [3.8, 4) is 0 Å². The van der Waals surface area contributed by atoms with Crippen LogP contribution in [0.5, 0.6) is 0 Å². The average Bonchev–Trinajstić information content (AvgIpc) is 3.04. The minimum atomic E-state index is -0.457. The molecule has 0 aliphatic carbocycles. The lowest BCUT2D eigenvalue weighted by molar-refractivity contribution is -0.389. The lowest BCUT2D eigenvalue weighted by Gasteiger charge is -2.03. The summed E-state index contributed by atoms with van der Waals surface area (Å²) in [4.78, 5) is 15.5. The van der Waals surface area contributed by atoms with Gasteiger partial charge in [-0.05, 0) is 4.92 Å². The van der Waals surface area contributed by atoms with Crippen LogP contribution >= 0.6 is 11.3 Å². The number of fused-ring (bicyclic) bond motifs is 1. The number of nitrogens with two attached hydrogens (primary N) is 1. The molecule has 0 bridgehead atoms. The molecule has 0 amide bonds. The van der Waals surface area contributed by atoms with Gasteiger partial charge in [-0.2, -0.15) is 14.5 Å². The third kappa shape index (κ3) is 1.86. The van der Waals surface area contributed by atoms with Gasteiger partial charge in [0.15, 0.2) is 0 Å². The van der Waals surface area contributed by atoms with Crippen LogP contribution in [0.1, 0.15) is 5.56 Å². The van der Waals surface area contributed by atoms with Gasteiger partial charge in [0.2, 0.25) is 5.82 Å². The summed E-state index contributed by atoms with van der Waals surface area (Å²) in [5.41, 5.74) is 6.58. The minimum absolute atomic E-state index is 0.0799. The number of hydrogen-bond donors (Lipinski definition) is 2. The van der Waals surface area contributed by atoms with E-state index >= 15 is 0 Å². The van der Waals surface area contributed by atoms with Crippen LogP contribution in [-0.4, -0.2) is 24.1 Å². The molecule has 10 heteroatoms. The predicted octanol–water partition coefficient (Wildman–Crippen LogP) is 1.23. The smallest absolute Gasteiger partial charge is 0.372 e. The summed E-state index contributed by atoms with van der Waals surface area (Å²) < 4.78 is 2.98. The summed E-state index contributed by atoms with van der Waals surface area (Å²) in [6.07, 6.45) is 3.24. The molecule has 0 unspecified atom stereocenters. The standard InChI is InChI=1S/C10H11N7O2S/c1-15-7(11)6(5-13-15)4-12-8-9(17(18)19)16-2-3-20-10(16)14-8/h2-3,5,12H,4,11H2,1H3. The van der Waals surface area contributed by atoms with Crippen molar-refractivity contribution in [1.29, 1.82) is 0 Å². The van der Waals surface area contributed by atoms with Gasteiger partial charge in [-0.3, -0.25) is 4.68 Å². The van der Waals surface area contributed by atoms with Gasteiger partial charge in [0, 0.05) is 24.5 Å². The van der Waals surface area contributed by atoms with Gasteiger partial charge in [-0.15, -0.1) is 0 Å². The van der Waals surface area contributed by atoms with Crippen molar-refractivity contribution in [3.05, 3.63) is 33.5 Å². The van der Waals surface area contributed by atoms with Crippen molar-refractivity contribution < 1.29 is 4.92 Å². The number of nitro groups is 1. The van der Waals surface area contributed by atoms with E-state index in [1.54, 1.807) is 24.8 Å². The Morgan fingerprint density at radius 2 is 2.40 bits per heavy atom. The second-order valence-corrected chi connectivity index (χ2v) is 5.00. The Morgan fingerprint density at radius 1 is 1.60 bits per heavy atom. The number of imidazole rings is 1. The Balaban J connectivity index is 1.91. The molecule has 0 saturated carbocycles. The second kappa shape index (κ2) is 4.49. The lowest BCUT2D eigenvalue weighted by atomic mass is 10.3. The number of rotatable bonds is 4. The molecule has 9 nitrogen and oxygen atoms in total. The van der Waals surface area contributed by atoms with Gasteiger partial charge in [-0.25, -0.2) is 0 Å². The fourth-order valence-corrected chi connectivity index (χ4v) is 2.58. The number of nitrogens with zero attached hydrogens (tertiary/aromatic N) is 5. The van der Waals surface area contributed by atoms with E-state index in [4.69, 9.17) is 5.73 Å². The Hall–Kier alpha value is -2.62. The number of aromatic nitrogens is 4. The van der Waals surface area contributed by atoms with Crippen molar-refractivity contribution in [2.45, 2.75) is 6.54 Å². The lowest BCUT2D eigenvalue weighted by Crippen LogP contribution is -2.05. The Morgan fingerprint density at radius 3 is 3.05 bits per heavy atom. The summed E-state index contributed by atoms with van der Waals surface area (Å²) in [7, 11) is 1.73. The molecule has 0 aliphatic heterocycles. The van der Waals surface area contributed by atoms with E-state index in [0.29, 0.717) is 17.3 Å². The summed E-state index contributed by atoms with van der Waals surface area (Å²) in [5, 5.41) is 19.8. The quantitative estimate of drug-likeness (QED) is 0.552. The Labute approximate surface area is 116 Å². The van der Waals surface area contributed by atoms with E-state index < -0.39 is 4.92 Å². The first kappa shape index (κ1) is 12.4. The number of nitrogens with one attached hydrogen (secondary N) is 1. The summed E-state index contributed by atoms with van der Waals surface area (Å²) in [5.74, 6) is 0.662. The van der Waals surface area contributed by atoms with Crippen molar-refractivity contribution >= 4 is 33.8 Å². The number of thiazole rings is 1. The van der Waals surface area contributed by atoms with Crippen molar-refractivity contribution in [2.75, 3.05) is 11.1 Å². The van der Waals surface area contributed by atoms with Crippen LogP contribution < -0.4 is 11.1 Å². The second-order valence-electron chi connectivity index (χ2n) is 4.13. The molecule has 0 spiro atoms. The topological polar surface area (TPSA) is 116 Å². The SMILES string of the molecule is Cn1ncc(CNc2nc3sccn3c2[N+](=O)[O-])c1N. The fourth-order valence-electron chi connectivity index (χ4n) is 1.87. The summed E-state index contributed by atoms with van der Waals surface area (Å²) in [6, 6.07) is 0. The van der Waals surface area contributed by atoms with Crippen LogP contribution in [-0.2, 0) is 13.6 Å². The van der Waals surface area contributed by atoms with Gasteiger partial charge < -0.3 is 21.2 Å². The van der Waals surface area contributed by atoms with Gasteiger partial charge in [-0.1, -0.05) is 11.3 Å². The van der Waals surface area contributed by atoms with Gasteiger partial charge in [0.25, 0.3) is 4.96 Å². The van der Waals surface area contributed by atoms with E-state index in [2.05, 4.69) is 15.4 Å². The highest BCUT2D eigenvalue weighted by molar-refractivity contribution is 7.15. The normalized spacial score (nSPS) is 11.1. The minimum Gasteiger partial charge on any atom is -0.384 e. The van der Waals surface area contributed by atoms with Crippen LogP contribution in [0, 0.1) is 10.1 Å². The van der Waals surface area contributed by atoms with E-state index in [9.17, 15) is 10.1 Å². The molecule has 0 aliphatic rings. The molecular weight excluding hydrogens is 282 g/mol. The molecule has 3 rings (SSSR count). The Kier molecular flexibility index (Phi) is 2.79. The van der Waals surface area contributed by atoms with Gasteiger partial charge >= 0.3 is 5.82 Å². The molecule has 0 aromatic carbocycles. The first-order chi connectivity index (χ1) is 9.58. The number of aryl methyl sites for hydroxylation is 1. The highest BCUT2D eigenvalue weighted by atomic mass is 32.1. The first-order valence-corrected chi connectivity index (χ1v) is 6.56. The predicted molar refractivity (Wildman–Crippen MR) is 74.7 cm³/mol. The third-order valence-corrected chi connectivity index (χ3v) is 3.68. The maximum Gasteiger partial charge on any atom is 0.372 e. The fraction of sp³-hybridized carbons (Fsp3) is 0.200. The van der Waals surface area contributed by atoms with Crippen LogP contribution in [0.2, 0.25) is 0 Å². The molecule has 3 heterocycles. The van der Waals surface area contributed by atoms with Crippen molar-refractivity contribution in [2.24, 2.45) is 7.05 Å². The van der Waals surface area contributed by atoms with E-state index in [-0.39, 0.29) is 11.6 Å². The molecule has 3 N–H and O–H groups in total. The first-order valence-electron chi connectivity index (χ1n) is 5.68. The Bertz CT molecular complexity index is 787. The van der Waals surface area contributed by atoms with Crippen LogP contribution in [0.15, 0.2) is 17.8 Å². The molecule has 0 fully saturated rings. The van der Waals surface area contributed by atoms with Crippen molar-refractivity contribution in [1.82, 2.24) is 19.2 Å². The van der Waals surface area contributed by atoms with E-state index in [0.717, 1.165) is 5.56 Å². The van der Waals surface area contributed by atoms with Gasteiger partial charge in [0.1, 0.15) is 12.0 Å². The molecule has 104 valence electrons. The van der Waals surface area contributed by atoms with Crippen molar-refractivity contribution in [3.63, 3.8) is 0 Å². The van der Waals surface area contributed by atoms with Crippen LogP contribution in [0.3, 0.4) is 0 Å². The zero-order valence-electron chi connectivity index (χ0n) is 10.5. The average molecular weight is 293 g/mol. The molecule has 3 aromatic rings. The van der Waals surface area contributed by atoms with Crippen LogP contribution in [0.25, 0.3) is 4.96 Å². The zero-order valence-corrected chi connectivity index (χ0v) is 11.3. The molecule has 0 radical (unpaired) electrons. The number of nitrogen functional groups attached to an aromatic ring is 1. The number of hydrogen-bond acceptors (Lipinski definition) is 7. The largest absolute Gasteiger partial charge is 0.384 e. The van der Waals surface area contributed by atoms with Crippen LogP contribution in [0.4, 0.5) is 17.5 Å². The monoisotopic (exact) mass is 293 g/mol. The highest BCUT2D eigenvalue weighted by Crippen LogP contribution is 2.28. The van der Waals surface area contributed by atoms with E-state index in [1.165, 1.54) is 20.4 Å². The zero-order chi connectivity index (χ0) is 14.3. The summed E-state index contributed by atoms with van der Waals surface area (Å²) in [6.45, 7) is 0.325. The molecule has 3 aromatic heterocycles. The van der Waals surface area contributed by atoms with E-state index in [1.807, 2.05) is 0 Å².